The molecule has 188 valence electrons. The predicted molar refractivity (Wildman–Crippen MR) is 154 cm³/mol. The predicted octanol–water partition coefficient (Wildman–Crippen LogP) is 4.63. The lowest BCUT2D eigenvalue weighted by Crippen LogP contribution is -2.32. The Morgan fingerprint density at radius 3 is 1.35 bits per heavy atom. The average molecular weight is 529 g/mol. The van der Waals surface area contributed by atoms with Crippen molar-refractivity contribution in [2.75, 3.05) is 26.4 Å². The van der Waals surface area contributed by atoms with Gasteiger partial charge in [-0.2, -0.15) is 0 Å². The first-order valence-corrected chi connectivity index (χ1v) is 13.7. The largest absolute Gasteiger partial charge is 0.490 e. The molecule has 4 atom stereocenters. The van der Waals surface area contributed by atoms with Gasteiger partial charge in [0.25, 0.3) is 0 Å². The fourth-order valence-electron chi connectivity index (χ4n) is 4.90. The molecule has 0 saturated carbocycles. The number of rotatable bonds is 10. The molecule has 6 heteroatoms. The summed E-state index contributed by atoms with van der Waals surface area (Å²) in [5, 5.41) is 2.04. The van der Waals surface area contributed by atoms with Crippen LogP contribution in [-0.4, -0.2) is 38.6 Å². The SMILES string of the molecule is Pc1cc(C(c2ccccc2)(c2ccccc2)c2ccc(OCC3CO3)c(P)c2)ccc1OCC1CO1. The molecule has 2 heterocycles. The molecule has 2 aliphatic rings. The lowest BCUT2D eigenvalue weighted by molar-refractivity contribution is 0.264. The molecule has 2 fully saturated rings. The molecule has 37 heavy (non-hydrogen) atoms. The minimum atomic E-state index is -0.546. The molecule has 4 unspecified atom stereocenters. The van der Waals surface area contributed by atoms with Gasteiger partial charge < -0.3 is 18.9 Å². The first-order chi connectivity index (χ1) is 18.1. The van der Waals surface area contributed by atoms with Crippen molar-refractivity contribution in [3.63, 3.8) is 0 Å². The van der Waals surface area contributed by atoms with Crippen LogP contribution in [0.25, 0.3) is 0 Å². The van der Waals surface area contributed by atoms with Crippen molar-refractivity contribution in [2.45, 2.75) is 17.6 Å². The second kappa shape index (κ2) is 10.6. The molecule has 0 radical (unpaired) electrons. The van der Waals surface area contributed by atoms with Gasteiger partial charge in [0.05, 0.1) is 18.6 Å². The van der Waals surface area contributed by atoms with Crippen LogP contribution in [0, 0.1) is 0 Å². The maximum Gasteiger partial charge on any atom is 0.126 e. The van der Waals surface area contributed by atoms with E-state index in [1.165, 1.54) is 11.1 Å². The Bertz CT molecular complexity index is 1260. The molecule has 2 saturated heterocycles. The van der Waals surface area contributed by atoms with E-state index in [2.05, 4.69) is 116 Å². The Balaban J connectivity index is 1.51. The Kier molecular flexibility index (Phi) is 7.02. The second-order valence-corrected chi connectivity index (χ2v) is 10.8. The Morgan fingerprint density at radius 2 is 1.00 bits per heavy atom. The van der Waals surface area contributed by atoms with Crippen molar-refractivity contribution >= 4 is 29.1 Å². The third-order valence-corrected chi connectivity index (χ3v) is 7.86. The highest BCUT2D eigenvalue weighted by molar-refractivity contribution is 7.28. The van der Waals surface area contributed by atoms with Crippen molar-refractivity contribution in [3.05, 3.63) is 119 Å². The Labute approximate surface area is 222 Å². The van der Waals surface area contributed by atoms with Gasteiger partial charge >= 0.3 is 0 Å². The molecule has 0 aromatic heterocycles. The summed E-state index contributed by atoms with van der Waals surface area (Å²) in [7, 11) is 5.72. The summed E-state index contributed by atoms with van der Waals surface area (Å²) in [4.78, 5) is 0. The maximum absolute atomic E-state index is 6.06. The lowest BCUT2D eigenvalue weighted by Gasteiger charge is -2.37. The van der Waals surface area contributed by atoms with E-state index in [1.54, 1.807) is 0 Å². The first kappa shape index (κ1) is 24.6. The van der Waals surface area contributed by atoms with Gasteiger partial charge in [-0.1, -0.05) is 72.8 Å². The van der Waals surface area contributed by atoms with Gasteiger partial charge in [0.2, 0.25) is 0 Å². The van der Waals surface area contributed by atoms with Crippen LogP contribution in [0.2, 0.25) is 0 Å². The van der Waals surface area contributed by atoms with E-state index in [4.69, 9.17) is 18.9 Å². The Hall–Kier alpha value is -2.74. The number of ether oxygens (including phenoxy) is 4. The van der Waals surface area contributed by atoms with Crippen LogP contribution >= 0.6 is 18.5 Å². The van der Waals surface area contributed by atoms with Crippen molar-refractivity contribution in [1.82, 2.24) is 0 Å². The van der Waals surface area contributed by atoms with Gasteiger partial charge in [0.15, 0.2) is 0 Å². The summed E-state index contributed by atoms with van der Waals surface area (Å²) in [5.41, 5.74) is 4.16. The van der Waals surface area contributed by atoms with Crippen LogP contribution in [-0.2, 0) is 14.9 Å². The van der Waals surface area contributed by atoms with E-state index in [0.717, 1.165) is 46.4 Å². The van der Waals surface area contributed by atoms with Crippen molar-refractivity contribution < 1.29 is 18.9 Å². The molecule has 0 bridgehead atoms. The summed E-state index contributed by atoms with van der Waals surface area (Å²) >= 11 is 0. The quantitative estimate of drug-likeness (QED) is 0.171. The van der Waals surface area contributed by atoms with Crippen LogP contribution < -0.4 is 20.1 Å². The topological polar surface area (TPSA) is 43.5 Å². The number of hydrogen-bond donors (Lipinski definition) is 0. The summed E-state index contributed by atoms with van der Waals surface area (Å²) in [6.45, 7) is 2.71. The zero-order chi connectivity index (χ0) is 25.2. The summed E-state index contributed by atoms with van der Waals surface area (Å²) < 4.78 is 22.8. The molecule has 4 nitrogen and oxygen atoms in total. The van der Waals surface area contributed by atoms with Gasteiger partial charge in [0.1, 0.15) is 36.9 Å². The van der Waals surface area contributed by atoms with E-state index >= 15 is 0 Å². The van der Waals surface area contributed by atoms with Crippen LogP contribution in [0.1, 0.15) is 22.3 Å². The average Bonchev–Trinajstić information content (AvgIpc) is 3.85. The monoisotopic (exact) mass is 528 g/mol. The molecule has 0 spiro atoms. The van der Waals surface area contributed by atoms with E-state index in [9.17, 15) is 0 Å². The zero-order valence-electron chi connectivity index (χ0n) is 20.5. The minimum Gasteiger partial charge on any atom is -0.490 e. The molecular formula is C31H30O4P2. The number of hydrogen-bond acceptors (Lipinski definition) is 4. The molecule has 0 aliphatic carbocycles. The fraction of sp³-hybridized carbons (Fsp3) is 0.226. The van der Waals surface area contributed by atoms with Crippen molar-refractivity contribution in [1.29, 1.82) is 0 Å². The number of epoxide rings is 2. The van der Waals surface area contributed by atoms with Crippen LogP contribution in [0.15, 0.2) is 97.1 Å². The van der Waals surface area contributed by atoms with Crippen LogP contribution in [0.4, 0.5) is 0 Å². The molecule has 4 aromatic rings. The van der Waals surface area contributed by atoms with E-state index in [-0.39, 0.29) is 12.2 Å². The van der Waals surface area contributed by atoms with E-state index in [1.807, 2.05) is 0 Å². The zero-order valence-corrected chi connectivity index (χ0v) is 22.8. The fourth-order valence-corrected chi connectivity index (χ4v) is 5.61. The smallest absolute Gasteiger partial charge is 0.126 e. The highest BCUT2D eigenvalue weighted by Crippen LogP contribution is 2.45. The Morgan fingerprint density at radius 1 is 0.595 bits per heavy atom. The maximum atomic E-state index is 6.06. The second-order valence-electron chi connectivity index (χ2n) is 9.52. The van der Waals surface area contributed by atoms with Gasteiger partial charge in [-0.15, -0.1) is 18.5 Å². The summed E-state index contributed by atoms with van der Waals surface area (Å²) in [6, 6.07) is 34.4. The van der Waals surface area contributed by atoms with Crippen molar-refractivity contribution in [3.8, 4) is 11.5 Å². The molecular weight excluding hydrogens is 498 g/mol. The highest BCUT2D eigenvalue weighted by Gasteiger charge is 2.39. The molecule has 4 aromatic carbocycles. The van der Waals surface area contributed by atoms with Gasteiger partial charge in [0, 0.05) is 10.6 Å². The van der Waals surface area contributed by atoms with Crippen molar-refractivity contribution in [2.24, 2.45) is 0 Å². The molecule has 0 N–H and O–H groups in total. The normalized spacial score (nSPS) is 18.3. The standard InChI is InChI=1S/C31H30O4P2/c36-29-15-23(11-13-27(29)34-19-25-17-32-25)31(21-7-3-1-4-8-21,22-9-5-2-6-10-22)24-12-14-28(30(37)16-24)35-20-26-18-33-26/h1-16,25-26H,17-20,36-37H2. The lowest BCUT2D eigenvalue weighted by atomic mass is 9.65. The van der Waals surface area contributed by atoms with Crippen LogP contribution in [0.3, 0.4) is 0 Å². The third-order valence-electron chi connectivity index (χ3n) is 6.95. The van der Waals surface area contributed by atoms with Gasteiger partial charge in [-0.25, -0.2) is 0 Å². The minimum absolute atomic E-state index is 0.212. The third kappa shape index (κ3) is 5.17. The number of benzene rings is 4. The first-order valence-electron chi connectivity index (χ1n) is 12.5. The van der Waals surface area contributed by atoms with E-state index in [0.29, 0.717) is 13.2 Å². The summed E-state index contributed by atoms with van der Waals surface area (Å²) in [5.74, 6) is 1.72. The van der Waals surface area contributed by atoms with Crippen LogP contribution in [0.5, 0.6) is 11.5 Å². The molecule has 6 rings (SSSR count). The van der Waals surface area contributed by atoms with Gasteiger partial charge in [-0.3, -0.25) is 0 Å². The molecule has 0 amide bonds. The highest BCUT2D eigenvalue weighted by atomic mass is 31.0. The van der Waals surface area contributed by atoms with Gasteiger partial charge in [-0.05, 0) is 46.5 Å². The summed E-state index contributed by atoms with van der Waals surface area (Å²) in [6.07, 6.45) is 0.425. The van der Waals surface area contributed by atoms with E-state index < -0.39 is 5.41 Å². The molecule has 2 aliphatic heterocycles.